The van der Waals surface area contributed by atoms with Crippen LogP contribution in [0.1, 0.15) is 1.37 Å². The summed E-state index contributed by atoms with van der Waals surface area (Å²) in [6, 6.07) is 25.1. The molecule has 0 spiro atoms. The lowest BCUT2D eigenvalue weighted by Crippen LogP contribution is -1.92. The van der Waals surface area contributed by atoms with Gasteiger partial charge in [0.1, 0.15) is 0 Å². The molecule has 0 aliphatic rings. The second kappa shape index (κ2) is 3.99. The molecule has 19 heavy (non-hydrogen) atoms. The van der Waals surface area contributed by atoms with Crippen molar-refractivity contribution in [2.24, 2.45) is 0 Å². The Kier molecular flexibility index (Phi) is 1.97. The minimum atomic E-state index is 0.537. The Morgan fingerprint density at radius 1 is 0.632 bits per heavy atom. The fraction of sp³-hybridized carbons (Fsp3) is 0. The Labute approximate surface area is 113 Å². The zero-order chi connectivity index (χ0) is 13.5. The quantitative estimate of drug-likeness (QED) is 0.454. The molecular formula is C18H13N. The van der Waals surface area contributed by atoms with Gasteiger partial charge in [0.15, 0.2) is 0 Å². The van der Waals surface area contributed by atoms with Gasteiger partial charge in [0.2, 0.25) is 0 Å². The van der Waals surface area contributed by atoms with Crippen LogP contribution in [0.25, 0.3) is 27.5 Å². The van der Waals surface area contributed by atoms with E-state index < -0.39 is 0 Å². The van der Waals surface area contributed by atoms with Gasteiger partial charge in [-0.05, 0) is 24.3 Å². The van der Waals surface area contributed by atoms with Crippen molar-refractivity contribution < 1.29 is 1.37 Å². The molecule has 0 radical (unpaired) electrons. The smallest absolute Gasteiger partial charge is 0.0623 e. The summed E-state index contributed by atoms with van der Waals surface area (Å²) >= 11 is 0. The highest BCUT2D eigenvalue weighted by atomic mass is 15.0. The van der Waals surface area contributed by atoms with Gasteiger partial charge in [-0.2, -0.15) is 0 Å². The fourth-order valence-electron chi connectivity index (χ4n) is 2.73. The summed E-state index contributed by atoms with van der Waals surface area (Å²) in [4.78, 5) is 0. The summed E-state index contributed by atoms with van der Waals surface area (Å²) in [7, 11) is 0. The lowest BCUT2D eigenvalue weighted by molar-refractivity contribution is 1.18. The Morgan fingerprint density at radius 3 is 1.74 bits per heavy atom. The summed E-state index contributed by atoms with van der Waals surface area (Å²) in [5, 5.41) is 2.52. The molecule has 0 unspecified atom stereocenters. The fourth-order valence-corrected chi connectivity index (χ4v) is 2.73. The summed E-state index contributed by atoms with van der Waals surface area (Å²) in [6.45, 7) is 0. The molecule has 0 saturated heterocycles. The highest BCUT2D eigenvalue weighted by Crippen LogP contribution is 2.31. The van der Waals surface area contributed by atoms with Gasteiger partial charge in [0, 0.05) is 16.5 Å². The largest absolute Gasteiger partial charge is 0.309 e. The number of benzene rings is 3. The van der Waals surface area contributed by atoms with E-state index in [1.54, 1.807) is 0 Å². The SMILES string of the molecule is [2H]c1ccc(-n2c3ccccc3c3ccccc32)cc1. The Hall–Kier alpha value is -2.54. The van der Waals surface area contributed by atoms with E-state index in [2.05, 4.69) is 53.1 Å². The molecule has 0 N–H and O–H groups in total. The van der Waals surface area contributed by atoms with Crippen molar-refractivity contribution in [3.63, 3.8) is 0 Å². The van der Waals surface area contributed by atoms with Crippen LogP contribution >= 0.6 is 0 Å². The molecule has 0 aliphatic heterocycles. The van der Waals surface area contributed by atoms with Crippen LogP contribution in [0.4, 0.5) is 0 Å². The second-order valence-corrected chi connectivity index (χ2v) is 4.63. The molecule has 0 atom stereocenters. The average Bonchev–Trinajstić information content (AvgIpc) is 2.83. The first kappa shape index (κ1) is 9.40. The molecule has 1 heteroatoms. The first-order chi connectivity index (χ1) is 9.84. The van der Waals surface area contributed by atoms with Gasteiger partial charge in [-0.15, -0.1) is 0 Å². The Balaban J connectivity index is 2.17. The van der Waals surface area contributed by atoms with Crippen LogP contribution in [-0.4, -0.2) is 4.57 Å². The molecule has 0 saturated carbocycles. The van der Waals surface area contributed by atoms with Crippen molar-refractivity contribution >= 4 is 21.8 Å². The molecule has 1 aromatic heterocycles. The normalized spacial score (nSPS) is 11.9. The molecule has 0 amide bonds. The van der Waals surface area contributed by atoms with E-state index in [0.29, 0.717) is 6.04 Å². The highest BCUT2D eigenvalue weighted by molar-refractivity contribution is 6.09. The van der Waals surface area contributed by atoms with Crippen LogP contribution in [0.3, 0.4) is 0 Å². The standard InChI is InChI=1S/C18H13N/c1-2-8-14(9-3-1)19-17-12-6-4-10-15(17)16-11-5-7-13-18(16)19/h1-13H/i1D. The molecule has 1 heterocycles. The van der Waals surface area contributed by atoms with Crippen LogP contribution in [0.5, 0.6) is 0 Å². The molecule has 4 rings (SSSR count). The molecule has 3 aromatic carbocycles. The van der Waals surface area contributed by atoms with Gasteiger partial charge in [-0.1, -0.05) is 54.6 Å². The minimum Gasteiger partial charge on any atom is -0.309 e. The topological polar surface area (TPSA) is 4.93 Å². The second-order valence-electron chi connectivity index (χ2n) is 4.63. The van der Waals surface area contributed by atoms with Crippen LogP contribution in [0.2, 0.25) is 0 Å². The first-order valence-electron chi connectivity index (χ1n) is 6.90. The van der Waals surface area contributed by atoms with Gasteiger partial charge in [-0.3, -0.25) is 0 Å². The van der Waals surface area contributed by atoms with E-state index in [0.717, 1.165) is 5.69 Å². The Morgan fingerprint density at radius 2 is 1.16 bits per heavy atom. The number of para-hydroxylation sites is 3. The third-order valence-corrected chi connectivity index (χ3v) is 3.54. The third-order valence-electron chi connectivity index (χ3n) is 3.54. The number of hydrogen-bond donors (Lipinski definition) is 0. The Bertz CT molecular complexity index is 850. The summed E-state index contributed by atoms with van der Waals surface area (Å²) in [6.07, 6.45) is 0. The highest BCUT2D eigenvalue weighted by Gasteiger charge is 2.10. The van der Waals surface area contributed by atoms with Crippen molar-refractivity contribution in [3.8, 4) is 5.69 Å². The summed E-state index contributed by atoms with van der Waals surface area (Å²) < 4.78 is 9.89. The minimum absolute atomic E-state index is 0.537. The molecule has 0 aliphatic carbocycles. The van der Waals surface area contributed by atoms with Crippen LogP contribution in [-0.2, 0) is 0 Å². The van der Waals surface area contributed by atoms with Gasteiger partial charge in [-0.25, -0.2) is 0 Å². The van der Waals surface area contributed by atoms with Gasteiger partial charge >= 0.3 is 0 Å². The van der Waals surface area contributed by atoms with Crippen molar-refractivity contribution in [2.75, 3.05) is 0 Å². The summed E-state index contributed by atoms with van der Waals surface area (Å²) in [5.41, 5.74) is 3.50. The van der Waals surface area contributed by atoms with E-state index in [4.69, 9.17) is 1.37 Å². The van der Waals surface area contributed by atoms with Crippen LogP contribution < -0.4 is 0 Å². The number of nitrogens with zero attached hydrogens (tertiary/aromatic N) is 1. The van der Waals surface area contributed by atoms with Crippen molar-refractivity contribution in [1.82, 2.24) is 4.57 Å². The van der Waals surface area contributed by atoms with E-state index in [-0.39, 0.29) is 0 Å². The molecular weight excluding hydrogens is 230 g/mol. The predicted octanol–water partition coefficient (Wildman–Crippen LogP) is 4.78. The van der Waals surface area contributed by atoms with Crippen LogP contribution in [0.15, 0.2) is 78.8 Å². The number of fused-ring (bicyclic) bond motifs is 3. The maximum absolute atomic E-state index is 7.63. The summed E-state index contributed by atoms with van der Waals surface area (Å²) in [5.74, 6) is 0. The molecule has 0 fully saturated rings. The average molecular weight is 244 g/mol. The maximum Gasteiger partial charge on any atom is 0.0623 e. The van der Waals surface area contributed by atoms with Crippen molar-refractivity contribution in [2.45, 2.75) is 0 Å². The lowest BCUT2D eigenvalue weighted by atomic mass is 10.2. The third kappa shape index (κ3) is 1.48. The van der Waals surface area contributed by atoms with Gasteiger partial charge in [0.25, 0.3) is 0 Å². The zero-order valence-electron chi connectivity index (χ0n) is 11.4. The number of aromatic nitrogens is 1. The van der Waals surface area contributed by atoms with E-state index in [1.165, 1.54) is 21.8 Å². The lowest BCUT2D eigenvalue weighted by Gasteiger charge is -2.06. The van der Waals surface area contributed by atoms with Crippen LogP contribution in [0, 0.1) is 0 Å². The maximum atomic E-state index is 7.63. The van der Waals surface area contributed by atoms with E-state index >= 15 is 0 Å². The molecule has 90 valence electrons. The van der Waals surface area contributed by atoms with Gasteiger partial charge in [0.05, 0.1) is 12.4 Å². The molecule has 0 bridgehead atoms. The monoisotopic (exact) mass is 244 g/mol. The first-order valence-corrected chi connectivity index (χ1v) is 6.40. The van der Waals surface area contributed by atoms with E-state index in [9.17, 15) is 0 Å². The van der Waals surface area contributed by atoms with E-state index in [1.807, 2.05) is 24.3 Å². The number of hydrogen-bond acceptors (Lipinski definition) is 0. The van der Waals surface area contributed by atoms with Crippen molar-refractivity contribution in [1.29, 1.82) is 0 Å². The van der Waals surface area contributed by atoms with Gasteiger partial charge < -0.3 is 4.57 Å². The van der Waals surface area contributed by atoms with Crippen molar-refractivity contribution in [3.05, 3.63) is 78.8 Å². The predicted molar refractivity (Wildman–Crippen MR) is 80.8 cm³/mol. The molecule has 4 aromatic rings. The zero-order valence-corrected chi connectivity index (χ0v) is 10.4. The number of rotatable bonds is 1. The molecule has 1 nitrogen and oxygen atoms in total.